The van der Waals surface area contributed by atoms with E-state index < -0.39 is 0 Å². The number of nitrogens with zero attached hydrogens (tertiary/aromatic N) is 4. The summed E-state index contributed by atoms with van der Waals surface area (Å²) in [5.41, 5.74) is 0.992. The molecule has 1 aromatic heterocycles. The highest BCUT2D eigenvalue weighted by molar-refractivity contribution is 5.76. The first-order valence-electron chi connectivity index (χ1n) is 10.2. The number of amides is 1. The Balaban J connectivity index is 1.60. The van der Waals surface area contributed by atoms with E-state index in [0.717, 1.165) is 43.6 Å². The number of aryl methyl sites for hydroxylation is 1. The zero-order valence-corrected chi connectivity index (χ0v) is 16.5. The van der Waals surface area contributed by atoms with Crippen molar-refractivity contribution in [2.24, 2.45) is 5.92 Å². The van der Waals surface area contributed by atoms with Crippen molar-refractivity contribution in [3.63, 3.8) is 0 Å². The summed E-state index contributed by atoms with van der Waals surface area (Å²) in [4.78, 5) is 25.9. The number of hydrogen-bond donors (Lipinski definition) is 1. The molecule has 1 aromatic rings. The zero-order valence-electron chi connectivity index (χ0n) is 16.5. The fraction of sp³-hybridized carbons (Fsp3) is 0.750. The van der Waals surface area contributed by atoms with Crippen LogP contribution in [0, 0.1) is 12.8 Å². The first-order valence-corrected chi connectivity index (χ1v) is 10.2. The van der Waals surface area contributed by atoms with Crippen LogP contribution in [0.2, 0.25) is 0 Å². The van der Waals surface area contributed by atoms with Crippen LogP contribution in [0.25, 0.3) is 0 Å². The molecule has 1 amide bonds. The molecule has 1 aliphatic heterocycles. The third-order valence-electron chi connectivity index (χ3n) is 5.32. The quantitative estimate of drug-likeness (QED) is 0.875. The van der Waals surface area contributed by atoms with Crippen LogP contribution in [-0.2, 0) is 4.79 Å². The van der Waals surface area contributed by atoms with E-state index in [1.54, 1.807) is 0 Å². The summed E-state index contributed by atoms with van der Waals surface area (Å²) in [6.07, 6.45) is 7.00. The molecule has 144 valence electrons. The summed E-state index contributed by atoms with van der Waals surface area (Å²) < 4.78 is 0. The number of carbonyl (C=O) groups excluding carboxylic acids is 1. The maximum atomic E-state index is 12.3. The summed E-state index contributed by atoms with van der Waals surface area (Å²) in [5, 5.41) is 3.54. The Labute approximate surface area is 157 Å². The fourth-order valence-corrected chi connectivity index (χ4v) is 3.87. The van der Waals surface area contributed by atoms with E-state index in [-0.39, 0.29) is 5.91 Å². The Morgan fingerprint density at radius 2 is 1.85 bits per heavy atom. The van der Waals surface area contributed by atoms with Crippen molar-refractivity contribution >= 4 is 17.7 Å². The molecular weight excluding hydrogens is 326 g/mol. The van der Waals surface area contributed by atoms with Gasteiger partial charge in [0.2, 0.25) is 11.9 Å². The number of nitrogens with one attached hydrogen (secondary N) is 1. The van der Waals surface area contributed by atoms with Crippen LogP contribution in [0.5, 0.6) is 0 Å². The molecule has 3 rings (SSSR count). The lowest BCUT2D eigenvalue weighted by molar-refractivity contribution is -0.132. The predicted octanol–water partition coefficient (Wildman–Crippen LogP) is 3.22. The van der Waals surface area contributed by atoms with Crippen LogP contribution in [0.3, 0.4) is 0 Å². The number of anilines is 2. The fourth-order valence-electron chi connectivity index (χ4n) is 3.87. The minimum Gasteiger partial charge on any atom is -0.353 e. The maximum absolute atomic E-state index is 12.3. The van der Waals surface area contributed by atoms with Gasteiger partial charge in [-0.1, -0.05) is 33.1 Å². The van der Waals surface area contributed by atoms with Gasteiger partial charge >= 0.3 is 0 Å². The third kappa shape index (κ3) is 5.08. The predicted molar refractivity (Wildman–Crippen MR) is 106 cm³/mol. The molecule has 1 aliphatic carbocycles. The van der Waals surface area contributed by atoms with Gasteiger partial charge in [-0.2, -0.15) is 4.98 Å². The molecule has 2 heterocycles. The number of hydrogen-bond acceptors (Lipinski definition) is 5. The highest BCUT2D eigenvalue weighted by atomic mass is 16.2. The second kappa shape index (κ2) is 8.69. The number of carbonyl (C=O) groups is 1. The maximum Gasteiger partial charge on any atom is 0.225 e. The molecular formula is C20H33N5O. The summed E-state index contributed by atoms with van der Waals surface area (Å²) in [7, 11) is 0. The molecule has 0 bridgehead atoms. The Kier molecular flexibility index (Phi) is 6.33. The van der Waals surface area contributed by atoms with Crippen LogP contribution >= 0.6 is 0 Å². The monoisotopic (exact) mass is 359 g/mol. The molecule has 6 heteroatoms. The van der Waals surface area contributed by atoms with Crippen molar-refractivity contribution in [2.75, 3.05) is 36.4 Å². The molecule has 0 unspecified atom stereocenters. The average molecular weight is 360 g/mol. The lowest BCUT2D eigenvalue weighted by atomic mass is 9.96. The molecule has 1 N–H and O–H groups in total. The van der Waals surface area contributed by atoms with E-state index in [0.29, 0.717) is 18.4 Å². The Morgan fingerprint density at radius 1 is 1.15 bits per heavy atom. The number of piperazine rings is 1. The van der Waals surface area contributed by atoms with Gasteiger partial charge in [0.05, 0.1) is 0 Å². The largest absolute Gasteiger partial charge is 0.353 e. The Bertz CT molecular complexity index is 604. The molecule has 2 aliphatic rings. The Hall–Kier alpha value is -1.85. The summed E-state index contributed by atoms with van der Waals surface area (Å²) in [6, 6.07) is 2.56. The first kappa shape index (κ1) is 18.9. The minimum atomic E-state index is 0.276. The normalized spacial score (nSPS) is 19.1. The molecule has 0 aromatic carbocycles. The molecule has 0 atom stereocenters. The number of aromatic nitrogens is 2. The Morgan fingerprint density at radius 3 is 2.50 bits per heavy atom. The minimum absolute atomic E-state index is 0.276. The van der Waals surface area contributed by atoms with E-state index >= 15 is 0 Å². The van der Waals surface area contributed by atoms with E-state index in [4.69, 9.17) is 4.98 Å². The molecule has 26 heavy (non-hydrogen) atoms. The van der Waals surface area contributed by atoms with Crippen molar-refractivity contribution in [1.82, 2.24) is 14.9 Å². The van der Waals surface area contributed by atoms with Gasteiger partial charge < -0.3 is 15.1 Å². The lowest BCUT2D eigenvalue weighted by Crippen LogP contribution is -2.49. The molecule has 0 radical (unpaired) electrons. The van der Waals surface area contributed by atoms with Gasteiger partial charge in [0.1, 0.15) is 5.82 Å². The van der Waals surface area contributed by atoms with Crippen LogP contribution in [0.1, 0.15) is 58.1 Å². The summed E-state index contributed by atoms with van der Waals surface area (Å²) >= 11 is 0. The van der Waals surface area contributed by atoms with E-state index in [9.17, 15) is 4.79 Å². The van der Waals surface area contributed by atoms with E-state index in [1.165, 1.54) is 32.1 Å². The molecule has 2 fully saturated rings. The highest BCUT2D eigenvalue weighted by Crippen LogP contribution is 2.22. The first-order chi connectivity index (χ1) is 12.5. The average Bonchev–Trinajstić information content (AvgIpc) is 2.61. The van der Waals surface area contributed by atoms with Crippen molar-refractivity contribution < 1.29 is 4.79 Å². The van der Waals surface area contributed by atoms with Crippen LogP contribution in [0.4, 0.5) is 11.8 Å². The van der Waals surface area contributed by atoms with Gasteiger partial charge in [0.25, 0.3) is 0 Å². The van der Waals surface area contributed by atoms with Crippen molar-refractivity contribution in [3.8, 4) is 0 Å². The molecule has 1 saturated heterocycles. The number of rotatable bonds is 5. The van der Waals surface area contributed by atoms with Gasteiger partial charge in [-0.25, -0.2) is 4.98 Å². The lowest BCUT2D eigenvalue weighted by Gasteiger charge is -2.36. The molecule has 1 saturated carbocycles. The van der Waals surface area contributed by atoms with Gasteiger partial charge in [0.15, 0.2) is 0 Å². The summed E-state index contributed by atoms with van der Waals surface area (Å²) in [5.74, 6) is 2.42. The second-order valence-corrected chi connectivity index (χ2v) is 8.14. The van der Waals surface area contributed by atoms with Crippen molar-refractivity contribution in [1.29, 1.82) is 0 Å². The smallest absolute Gasteiger partial charge is 0.225 e. The van der Waals surface area contributed by atoms with Gasteiger partial charge in [0, 0.05) is 50.4 Å². The zero-order chi connectivity index (χ0) is 18.5. The third-order valence-corrected chi connectivity index (χ3v) is 5.32. The molecule has 0 spiro atoms. The topological polar surface area (TPSA) is 61.4 Å². The van der Waals surface area contributed by atoms with E-state index in [2.05, 4.69) is 35.1 Å². The second-order valence-electron chi connectivity index (χ2n) is 8.14. The van der Waals surface area contributed by atoms with Gasteiger partial charge in [-0.15, -0.1) is 0 Å². The van der Waals surface area contributed by atoms with Crippen molar-refractivity contribution in [3.05, 3.63) is 11.8 Å². The SMILES string of the molecule is Cc1cc(N2CCN(C(=O)CC(C)C)CC2)nc(NC2CCCCC2)n1. The standard InChI is InChI=1S/C20H33N5O/c1-15(2)13-19(26)25-11-9-24(10-12-25)18-14-16(3)21-20(23-18)22-17-7-5-4-6-8-17/h14-15,17H,4-13H2,1-3H3,(H,21,22,23). The summed E-state index contributed by atoms with van der Waals surface area (Å²) in [6.45, 7) is 9.45. The molecule has 6 nitrogen and oxygen atoms in total. The van der Waals surface area contributed by atoms with Crippen LogP contribution in [-0.4, -0.2) is 53.0 Å². The van der Waals surface area contributed by atoms with Crippen LogP contribution in [0.15, 0.2) is 6.07 Å². The van der Waals surface area contributed by atoms with Crippen molar-refractivity contribution in [2.45, 2.75) is 65.3 Å². The van der Waals surface area contributed by atoms with E-state index in [1.807, 2.05) is 11.8 Å². The van der Waals surface area contributed by atoms with Crippen LogP contribution < -0.4 is 10.2 Å². The highest BCUT2D eigenvalue weighted by Gasteiger charge is 2.23. The van der Waals surface area contributed by atoms with Gasteiger partial charge in [-0.3, -0.25) is 4.79 Å². The van der Waals surface area contributed by atoms with Gasteiger partial charge in [-0.05, 0) is 25.7 Å².